The summed E-state index contributed by atoms with van der Waals surface area (Å²) in [6.07, 6.45) is 0.948. The topological polar surface area (TPSA) is 69.8 Å². The molecule has 0 aromatic heterocycles. The normalized spacial score (nSPS) is 19.2. The van der Waals surface area contributed by atoms with Gasteiger partial charge in [0.2, 0.25) is 0 Å². The fourth-order valence-electron chi connectivity index (χ4n) is 2.45. The number of carboxylic acids is 1. The van der Waals surface area contributed by atoms with E-state index in [1.54, 1.807) is 0 Å². The van der Waals surface area contributed by atoms with E-state index in [4.69, 9.17) is 5.73 Å². The molecule has 1 aromatic rings. The molecule has 1 aliphatic rings. The van der Waals surface area contributed by atoms with Crippen molar-refractivity contribution in [2.75, 3.05) is 37.8 Å². The number of halogens is 1. The minimum Gasteiger partial charge on any atom is -0.478 e. The third-order valence-corrected chi connectivity index (χ3v) is 3.62. The van der Waals surface area contributed by atoms with Gasteiger partial charge >= 0.3 is 5.97 Å². The summed E-state index contributed by atoms with van der Waals surface area (Å²) in [4.78, 5) is 15.3. The van der Waals surface area contributed by atoms with Crippen molar-refractivity contribution in [1.82, 2.24) is 4.90 Å². The highest BCUT2D eigenvalue weighted by atomic mass is 19.1. The third kappa shape index (κ3) is 2.49. The van der Waals surface area contributed by atoms with Gasteiger partial charge in [0, 0.05) is 19.1 Å². The smallest absolute Gasteiger partial charge is 0.340 e. The highest BCUT2D eigenvalue weighted by Crippen LogP contribution is 2.31. The molecule has 5 nitrogen and oxygen atoms in total. The second-order valence-corrected chi connectivity index (χ2v) is 5.01. The monoisotopic (exact) mass is 267 g/mol. The zero-order chi connectivity index (χ0) is 14.2. The maximum atomic E-state index is 13.4. The van der Waals surface area contributed by atoms with E-state index in [9.17, 15) is 14.3 Å². The van der Waals surface area contributed by atoms with E-state index in [0.717, 1.165) is 19.5 Å². The molecule has 3 N–H and O–H groups in total. The number of nitrogen functional groups attached to an aromatic ring is 1. The maximum Gasteiger partial charge on any atom is 0.340 e. The number of nitrogens with zero attached hydrogens (tertiary/aromatic N) is 2. The number of likely N-dealkylation sites (N-methyl/N-ethyl adjacent to an activating group) is 1. The lowest BCUT2D eigenvalue weighted by Crippen LogP contribution is -2.32. The van der Waals surface area contributed by atoms with Crippen molar-refractivity contribution in [3.05, 3.63) is 23.5 Å². The van der Waals surface area contributed by atoms with E-state index in [0.29, 0.717) is 11.7 Å². The first-order valence-corrected chi connectivity index (χ1v) is 6.14. The number of hydrogen-bond donors (Lipinski definition) is 2. The summed E-state index contributed by atoms with van der Waals surface area (Å²) >= 11 is 0. The van der Waals surface area contributed by atoms with Gasteiger partial charge in [-0.3, -0.25) is 0 Å². The number of hydrogen-bond acceptors (Lipinski definition) is 4. The van der Waals surface area contributed by atoms with Crippen molar-refractivity contribution in [3.8, 4) is 0 Å². The zero-order valence-corrected chi connectivity index (χ0v) is 11.1. The van der Waals surface area contributed by atoms with E-state index in [2.05, 4.69) is 4.90 Å². The number of nitrogens with two attached hydrogens (primary N) is 1. The Morgan fingerprint density at radius 1 is 1.53 bits per heavy atom. The van der Waals surface area contributed by atoms with Gasteiger partial charge in [-0.1, -0.05) is 0 Å². The lowest BCUT2D eigenvalue weighted by molar-refractivity contribution is 0.0698. The number of carbonyl (C=O) groups is 1. The summed E-state index contributed by atoms with van der Waals surface area (Å²) < 4.78 is 13.4. The maximum absolute atomic E-state index is 13.4. The van der Waals surface area contributed by atoms with Gasteiger partial charge in [0.05, 0.1) is 11.4 Å². The van der Waals surface area contributed by atoms with E-state index in [1.807, 2.05) is 19.0 Å². The quantitative estimate of drug-likeness (QED) is 0.807. The Hall–Kier alpha value is -1.82. The Kier molecular flexibility index (Phi) is 3.61. The molecular weight excluding hydrogens is 249 g/mol. The first-order valence-electron chi connectivity index (χ1n) is 6.14. The molecule has 1 aromatic carbocycles. The summed E-state index contributed by atoms with van der Waals surface area (Å²) in [5.74, 6) is -1.88. The van der Waals surface area contributed by atoms with Crippen molar-refractivity contribution in [2.45, 2.75) is 12.5 Å². The summed E-state index contributed by atoms with van der Waals surface area (Å²) in [7, 11) is 3.98. The number of carboxylic acid groups (broad SMARTS) is 1. The van der Waals surface area contributed by atoms with Crippen LogP contribution in [0.15, 0.2) is 12.1 Å². The van der Waals surface area contributed by atoms with Crippen molar-refractivity contribution < 1.29 is 14.3 Å². The van der Waals surface area contributed by atoms with Crippen LogP contribution in [0.25, 0.3) is 0 Å². The molecule has 19 heavy (non-hydrogen) atoms. The summed E-state index contributed by atoms with van der Waals surface area (Å²) in [6.45, 7) is 1.46. The molecule has 0 spiro atoms. The summed E-state index contributed by atoms with van der Waals surface area (Å²) in [5, 5.41) is 9.22. The van der Waals surface area contributed by atoms with Crippen molar-refractivity contribution in [2.24, 2.45) is 0 Å². The molecule has 1 heterocycles. The predicted octanol–water partition coefficient (Wildman–Crippen LogP) is 1.25. The molecule has 6 heteroatoms. The van der Waals surface area contributed by atoms with Gasteiger partial charge in [-0.2, -0.15) is 0 Å². The Morgan fingerprint density at radius 2 is 2.21 bits per heavy atom. The van der Waals surface area contributed by atoms with Crippen LogP contribution in [0.4, 0.5) is 15.8 Å². The van der Waals surface area contributed by atoms with Crippen LogP contribution in [-0.4, -0.2) is 49.2 Å². The van der Waals surface area contributed by atoms with Gasteiger partial charge < -0.3 is 20.6 Å². The van der Waals surface area contributed by atoms with Crippen molar-refractivity contribution in [1.29, 1.82) is 0 Å². The Balaban J connectivity index is 2.36. The first kappa shape index (κ1) is 13.6. The Bertz CT molecular complexity index is 505. The Labute approximate surface area is 111 Å². The van der Waals surface area contributed by atoms with E-state index in [1.165, 1.54) is 12.1 Å². The Morgan fingerprint density at radius 3 is 2.74 bits per heavy atom. The molecule has 1 unspecified atom stereocenters. The van der Waals surface area contributed by atoms with Crippen LogP contribution in [0.3, 0.4) is 0 Å². The molecule has 0 radical (unpaired) electrons. The fourth-order valence-corrected chi connectivity index (χ4v) is 2.45. The molecule has 104 valence electrons. The van der Waals surface area contributed by atoms with Gasteiger partial charge in [-0.25, -0.2) is 9.18 Å². The van der Waals surface area contributed by atoms with Gasteiger partial charge in [-0.05, 0) is 32.6 Å². The average Bonchev–Trinajstić information content (AvgIpc) is 2.81. The fraction of sp³-hybridized carbons (Fsp3) is 0.462. The van der Waals surface area contributed by atoms with Crippen LogP contribution < -0.4 is 10.6 Å². The highest BCUT2D eigenvalue weighted by Gasteiger charge is 2.28. The standard InChI is InChI=1S/C13H18FN3O2/c1-16(2)8-5-6-17(7-8)10-4-3-9(14)12(15)11(10)13(18)19/h3-4,8H,5-7,15H2,1-2H3,(H,18,19). The lowest BCUT2D eigenvalue weighted by Gasteiger charge is -2.23. The van der Waals surface area contributed by atoms with Crippen LogP contribution in [0.1, 0.15) is 16.8 Å². The van der Waals surface area contributed by atoms with Gasteiger partial charge in [0.1, 0.15) is 11.4 Å². The molecular formula is C13H18FN3O2. The summed E-state index contributed by atoms with van der Waals surface area (Å²) in [6, 6.07) is 3.08. The van der Waals surface area contributed by atoms with Gasteiger partial charge in [-0.15, -0.1) is 0 Å². The van der Waals surface area contributed by atoms with Crippen LogP contribution in [0, 0.1) is 5.82 Å². The molecule has 1 aliphatic heterocycles. The van der Waals surface area contributed by atoms with Crippen LogP contribution in [-0.2, 0) is 0 Å². The van der Waals surface area contributed by atoms with Gasteiger partial charge in [0.15, 0.2) is 0 Å². The predicted molar refractivity (Wildman–Crippen MR) is 72.1 cm³/mol. The zero-order valence-electron chi connectivity index (χ0n) is 11.1. The molecule has 0 amide bonds. The minimum absolute atomic E-state index is 0.139. The second kappa shape index (κ2) is 5.05. The first-order chi connectivity index (χ1) is 8.91. The number of rotatable bonds is 3. The molecule has 0 bridgehead atoms. The number of benzene rings is 1. The van der Waals surface area contributed by atoms with Crippen molar-refractivity contribution in [3.63, 3.8) is 0 Å². The van der Waals surface area contributed by atoms with E-state index < -0.39 is 11.8 Å². The molecule has 0 aliphatic carbocycles. The van der Waals surface area contributed by atoms with Crippen LogP contribution >= 0.6 is 0 Å². The van der Waals surface area contributed by atoms with E-state index >= 15 is 0 Å². The van der Waals surface area contributed by atoms with Gasteiger partial charge in [0.25, 0.3) is 0 Å². The number of aromatic carboxylic acids is 1. The van der Waals surface area contributed by atoms with Crippen molar-refractivity contribution >= 4 is 17.3 Å². The molecule has 0 saturated carbocycles. The van der Waals surface area contributed by atoms with Crippen LogP contribution in [0.2, 0.25) is 0 Å². The molecule has 1 fully saturated rings. The SMILES string of the molecule is CN(C)C1CCN(c2ccc(F)c(N)c2C(=O)O)C1. The largest absolute Gasteiger partial charge is 0.478 e. The number of anilines is 2. The molecule has 1 saturated heterocycles. The lowest BCUT2D eigenvalue weighted by atomic mass is 10.1. The van der Waals surface area contributed by atoms with Crippen LogP contribution in [0.5, 0.6) is 0 Å². The second-order valence-electron chi connectivity index (χ2n) is 5.01. The summed E-state index contributed by atoms with van der Waals surface area (Å²) in [5.41, 5.74) is 5.62. The van der Waals surface area contributed by atoms with E-state index in [-0.39, 0.29) is 11.3 Å². The minimum atomic E-state index is -1.19. The third-order valence-electron chi connectivity index (χ3n) is 3.62. The average molecular weight is 267 g/mol. The molecule has 2 rings (SSSR count). The molecule has 1 atom stereocenters. The highest BCUT2D eigenvalue weighted by molar-refractivity contribution is 6.00.